The van der Waals surface area contributed by atoms with Crippen LogP contribution in [0.1, 0.15) is 29.5 Å². The van der Waals surface area contributed by atoms with Gasteiger partial charge in [0.05, 0.1) is 29.2 Å². The number of benzene rings is 3. The Labute approximate surface area is 237 Å². The molecule has 1 saturated heterocycles. The summed E-state index contributed by atoms with van der Waals surface area (Å²) < 4.78 is 45.9. The average Bonchev–Trinajstić information content (AvgIpc) is 3.71. The number of fused-ring (bicyclic) bond motifs is 2. The Kier molecular flexibility index (Phi) is 5.77. The number of aromatic nitrogens is 4. The molecule has 2 aliphatic rings. The van der Waals surface area contributed by atoms with Crippen LogP contribution in [0.25, 0.3) is 16.6 Å². The van der Waals surface area contributed by atoms with Crippen LogP contribution in [0.15, 0.2) is 90.2 Å². The predicted molar refractivity (Wildman–Crippen MR) is 152 cm³/mol. The smallest absolute Gasteiger partial charge is 0.246 e. The van der Waals surface area contributed by atoms with Crippen LogP contribution in [-0.4, -0.2) is 50.5 Å². The number of aryl methyl sites for hydroxylation is 2. The molecule has 0 radical (unpaired) electrons. The van der Waals surface area contributed by atoms with Crippen molar-refractivity contribution in [1.29, 1.82) is 0 Å². The van der Waals surface area contributed by atoms with E-state index in [2.05, 4.69) is 22.3 Å². The largest absolute Gasteiger partial charge is 0.385 e. The molecule has 7 rings (SSSR count). The van der Waals surface area contributed by atoms with Gasteiger partial charge in [-0.2, -0.15) is 14.5 Å². The minimum absolute atomic E-state index is 0.109. The maximum absolute atomic E-state index is 13.7. The third-order valence-corrected chi connectivity index (χ3v) is 10.8. The van der Waals surface area contributed by atoms with Gasteiger partial charge in [0.1, 0.15) is 10.7 Å². The van der Waals surface area contributed by atoms with Crippen molar-refractivity contribution in [3.8, 4) is 5.69 Å². The summed E-state index contributed by atoms with van der Waals surface area (Å²) in [6.45, 7) is 2.59. The van der Waals surface area contributed by atoms with Gasteiger partial charge in [0.25, 0.3) is 0 Å². The number of rotatable bonds is 5. The zero-order chi connectivity index (χ0) is 28.6. The molecule has 0 spiro atoms. The van der Waals surface area contributed by atoms with Gasteiger partial charge in [0.15, 0.2) is 0 Å². The summed E-state index contributed by atoms with van der Waals surface area (Å²) in [6, 6.07) is 20.0. The number of halogens is 1. The summed E-state index contributed by atoms with van der Waals surface area (Å²) in [7, 11) is -2.08. The quantitative estimate of drug-likeness (QED) is 0.337. The Morgan fingerprint density at radius 3 is 2.49 bits per heavy atom. The Morgan fingerprint density at radius 2 is 1.78 bits per heavy atom. The molecule has 1 aliphatic carbocycles. The van der Waals surface area contributed by atoms with Gasteiger partial charge < -0.3 is 5.11 Å². The van der Waals surface area contributed by atoms with E-state index < -0.39 is 21.0 Å². The molecule has 0 amide bonds. The van der Waals surface area contributed by atoms with E-state index in [0.717, 1.165) is 33.3 Å². The summed E-state index contributed by atoms with van der Waals surface area (Å²) >= 11 is 0. The predicted octanol–water partition coefficient (Wildman–Crippen LogP) is 4.45. The SMILES string of the molecule is Cc1cc2c(cnn2-c2ccc(F)cc2)cc1C12CN(S(=O)(=O)c3cnn(C)c3)CC1CC(O)(c1ccccc1)C2. The monoisotopic (exact) mass is 571 g/mol. The van der Waals surface area contributed by atoms with Gasteiger partial charge in [0.2, 0.25) is 10.0 Å². The average molecular weight is 572 g/mol. The number of hydrogen-bond acceptors (Lipinski definition) is 5. The molecule has 3 aromatic carbocycles. The summed E-state index contributed by atoms with van der Waals surface area (Å²) in [5.74, 6) is -0.421. The van der Waals surface area contributed by atoms with Crippen LogP contribution >= 0.6 is 0 Å². The molecule has 210 valence electrons. The Hall–Kier alpha value is -3.86. The Bertz CT molecular complexity index is 1890. The molecule has 2 aromatic heterocycles. The van der Waals surface area contributed by atoms with E-state index in [0.29, 0.717) is 19.4 Å². The number of nitrogens with zero attached hydrogens (tertiary/aromatic N) is 5. The molecule has 2 fully saturated rings. The lowest BCUT2D eigenvalue weighted by Gasteiger charge is -2.33. The Morgan fingerprint density at radius 1 is 1.02 bits per heavy atom. The van der Waals surface area contributed by atoms with E-state index in [1.54, 1.807) is 34.4 Å². The van der Waals surface area contributed by atoms with E-state index >= 15 is 0 Å². The van der Waals surface area contributed by atoms with Crippen LogP contribution in [0.3, 0.4) is 0 Å². The van der Waals surface area contributed by atoms with Gasteiger partial charge in [-0.05, 0) is 78.8 Å². The first-order valence-corrected chi connectivity index (χ1v) is 15.0. The zero-order valence-corrected chi connectivity index (χ0v) is 23.6. The second-order valence-electron chi connectivity index (χ2n) is 11.5. The molecule has 1 saturated carbocycles. The second kappa shape index (κ2) is 9.07. The van der Waals surface area contributed by atoms with E-state index in [9.17, 15) is 17.9 Å². The van der Waals surface area contributed by atoms with Gasteiger partial charge >= 0.3 is 0 Å². The zero-order valence-electron chi connectivity index (χ0n) is 22.8. The fourth-order valence-corrected chi connectivity index (χ4v) is 8.67. The lowest BCUT2D eigenvalue weighted by Crippen LogP contribution is -2.38. The van der Waals surface area contributed by atoms with Gasteiger partial charge in [0, 0.05) is 37.1 Å². The summed E-state index contributed by atoms with van der Waals surface area (Å²) in [5, 5.41) is 21.6. The van der Waals surface area contributed by atoms with Crippen molar-refractivity contribution in [2.75, 3.05) is 13.1 Å². The fraction of sp³-hybridized carbons (Fsp3) is 0.290. The highest BCUT2D eigenvalue weighted by molar-refractivity contribution is 7.89. The standard InChI is InChI=1S/C31H30FN5O3S/c1-21-12-29-22(15-34-37(29)26-10-8-25(32)9-11-26)13-28(21)30-19-31(38,23-6-4-3-5-7-23)14-24(30)17-36(20-30)41(39,40)27-16-33-35(2)18-27/h3-13,15-16,18,24,38H,14,17,19-20H2,1-2H3. The van der Waals surface area contributed by atoms with Crippen molar-refractivity contribution in [2.45, 2.75) is 35.7 Å². The third-order valence-electron chi connectivity index (χ3n) is 9.01. The van der Waals surface area contributed by atoms with Crippen molar-refractivity contribution in [3.05, 3.63) is 108 Å². The van der Waals surface area contributed by atoms with Crippen molar-refractivity contribution < 1.29 is 17.9 Å². The lowest BCUT2D eigenvalue weighted by atomic mass is 9.72. The number of hydrogen-bond donors (Lipinski definition) is 1. The third kappa shape index (κ3) is 4.04. The Balaban J connectivity index is 1.35. The van der Waals surface area contributed by atoms with Crippen molar-refractivity contribution >= 4 is 20.9 Å². The molecular formula is C31H30FN5O3S. The van der Waals surface area contributed by atoms with Crippen LogP contribution in [0, 0.1) is 18.7 Å². The molecule has 3 atom stereocenters. The van der Waals surface area contributed by atoms with Crippen LogP contribution < -0.4 is 0 Å². The molecule has 1 N–H and O–H groups in total. The highest BCUT2D eigenvalue weighted by Crippen LogP contribution is 2.59. The van der Waals surface area contributed by atoms with Gasteiger partial charge in [-0.15, -0.1) is 0 Å². The molecule has 3 unspecified atom stereocenters. The molecule has 5 aromatic rings. The van der Waals surface area contributed by atoms with Crippen LogP contribution in [-0.2, 0) is 28.1 Å². The molecule has 0 bridgehead atoms. The maximum atomic E-state index is 13.7. The minimum atomic E-state index is -3.78. The highest BCUT2D eigenvalue weighted by atomic mass is 32.2. The fourth-order valence-electron chi connectivity index (χ4n) is 7.13. The number of aliphatic hydroxyl groups is 1. The first kappa shape index (κ1) is 26.1. The van der Waals surface area contributed by atoms with Crippen molar-refractivity contribution in [3.63, 3.8) is 0 Å². The lowest BCUT2D eigenvalue weighted by molar-refractivity contribution is 0.0318. The van der Waals surface area contributed by atoms with E-state index in [4.69, 9.17) is 0 Å². The van der Waals surface area contributed by atoms with Crippen molar-refractivity contribution in [1.82, 2.24) is 23.9 Å². The second-order valence-corrected chi connectivity index (χ2v) is 13.5. The van der Waals surface area contributed by atoms with Crippen LogP contribution in [0.5, 0.6) is 0 Å². The maximum Gasteiger partial charge on any atom is 0.246 e. The molecule has 41 heavy (non-hydrogen) atoms. The van der Waals surface area contributed by atoms with Gasteiger partial charge in [-0.3, -0.25) is 4.68 Å². The van der Waals surface area contributed by atoms with Gasteiger partial charge in [-0.25, -0.2) is 17.5 Å². The van der Waals surface area contributed by atoms with Crippen LogP contribution in [0.4, 0.5) is 4.39 Å². The first-order chi connectivity index (χ1) is 19.6. The molecule has 3 heterocycles. The van der Waals surface area contributed by atoms with Crippen LogP contribution in [0.2, 0.25) is 0 Å². The normalized spacial score (nSPS) is 24.7. The highest BCUT2D eigenvalue weighted by Gasteiger charge is 2.61. The van der Waals surface area contributed by atoms with E-state index in [-0.39, 0.29) is 23.2 Å². The summed E-state index contributed by atoms with van der Waals surface area (Å²) in [6.07, 6.45) is 5.54. The summed E-state index contributed by atoms with van der Waals surface area (Å²) in [4.78, 5) is 0.168. The van der Waals surface area contributed by atoms with E-state index in [1.165, 1.54) is 29.2 Å². The molecular weight excluding hydrogens is 541 g/mol. The first-order valence-electron chi connectivity index (χ1n) is 13.6. The molecule has 1 aliphatic heterocycles. The minimum Gasteiger partial charge on any atom is -0.385 e. The summed E-state index contributed by atoms with van der Waals surface area (Å²) in [5.41, 5.74) is 2.77. The van der Waals surface area contributed by atoms with E-state index in [1.807, 2.05) is 37.3 Å². The van der Waals surface area contributed by atoms with Gasteiger partial charge in [-0.1, -0.05) is 30.3 Å². The molecule has 8 nitrogen and oxygen atoms in total. The topological polar surface area (TPSA) is 93.3 Å². The van der Waals surface area contributed by atoms with Crippen molar-refractivity contribution in [2.24, 2.45) is 13.0 Å². The molecule has 10 heteroatoms. The number of sulfonamides is 1.